The molecule has 0 saturated carbocycles. The fourth-order valence-electron chi connectivity index (χ4n) is 4.45. The van der Waals surface area contributed by atoms with E-state index in [1.807, 2.05) is 0 Å². The first kappa shape index (κ1) is 29.8. The van der Waals surface area contributed by atoms with Gasteiger partial charge in [-0.15, -0.1) is 11.6 Å². The van der Waals surface area contributed by atoms with E-state index in [-0.39, 0.29) is 36.5 Å². The zero-order chi connectivity index (χ0) is 28.4. The summed E-state index contributed by atoms with van der Waals surface area (Å²) in [5, 5.41) is 12.9. The lowest BCUT2D eigenvalue weighted by atomic mass is 9.83. The number of aromatic nitrogens is 1. The SMILES string of the molecule is CC(C)(C)OC(=O)NC1(C(O)C(F)F)CCCN(c2cnc(-c3cc(F)c(F)cc3C(F)F)cc2CCl)C1. The maximum atomic E-state index is 13.9. The third-order valence-corrected chi connectivity index (χ3v) is 6.42. The predicted molar refractivity (Wildman–Crippen MR) is 130 cm³/mol. The zero-order valence-corrected chi connectivity index (χ0v) is 21.6. The largest absolute Gasteiger partial charge is 0.444 e. The summed E-state index contributed by atoms with van der Waals surface area (Å²) in [5.41, 5.74) is -3.23. The average Bonchev–Trinajstić information content (AvgIpc) is 2.83. The van der Waals surface area contributed by atoms with E-state index < -0.39 is 53.4 Å². The number of halogens is 7. The quantitative estimate of drug-likeness (QED) is 0.308. The van der Waals surface area contributed by atoms with Crippen LogP contribution in [0.25, 0.3) is 11.3 Å². The molecule has 1 aliphatic heterocycles. The van der Waals surface area contributed by atoms with E-state index in [1.165, 1.54) is 12.3 Å². The molecule has 38 heavy (non-hydrogen) atoms. The smallest absolute Gasteiger partial charge is 0.408 e. The molecule has 2 N–H and O–H groups in total. The van der Waals surface area contributed by atoms with Crippen molar-refractivity contribution in [1.29, 1.82) is 0 Å². The molecule has 3 rings (SSSR count). The van der Waals surface area contributed by atoms with Gasteiger partial charge in [-0.05, 0) is 57.4 Å². The highest BCUT2D eigenvalue weighted by Crippen LogP contribution is 2.37. The van der Waals surface area contributed by atoms with Crippen LogP contribution in [-0.4, -0.2) is 52.9 Å². The van der Waals surface area contributed by atoms with Crippen molar-refractivity contribution < 1.29 is 41.0 Å². The zero-order valence-electron chi connectivity index (χ0n) is 20.9. The molecule has 0 bridgehead atoms. The first-order valence-corrected chi connectivity index (χ1v) is 12.3. The van der Waals surface area contributed by atoms with E-state index in [0.717, 1.165) is 0 Å². The van der Waals surface area contributed by atoms with E-state index in [9.17, 15) is 36.2 Å². The third kappa shape index (κ3) is 6.63. The van der Waals surface area contributed by atoms with Crippen LogP contribution < -0.4 is 10.2 Å². The molecular weight excluding hydrogens is 540 g/mol. The predicted octanol–water partition coefficient (Wildman–Crippen LogP) is 6.19. The minimum absolute atomic E-state index is 0.0164. The Bertz CT molecular complexity index is 1160. The van der Waals surface area contributed by atoms with Gasteiger partial charge in [-0.2, -0.15) is 0 Å². The summed E-state index contributed by atoms with van der Waals surface area (Å²) in [4.78, 5) is 18.2. The standard InChI is InChI=1S/C25H28ClF6N3O3/c1-24(2,3)38-23(37)34-25(20(36)22(31)32)5-4-6-35(12-25)19-11-33-18(7-13(19)10-26)14-8-16(27)17(28)9-15(14)21(29)30/h7-9,11,20-22,36H,4-6,10,12H2,1-3H3,(H,34,37). The van der Waals surface area contributed by atoms with Crippen LogP contribution in [0.15, 0.2) is 24.4 Å². The number of alkyl carbamates (subject to hydrolysis) is 1. The third-order valence-electron chi connectivity index (χ3n) is 6.13. The molecule has 0 radical (unpaired) electrons. The summed E-state index contributed by atoms with van der Waals surface area (Å²) in [7, 11) is 0. The number of piperidine rings is 1. The fraction of sp³-hybridized carbons (Fsp3) is 0.520. The highest BCUT2D eigenvalue weighted by atomic mass is 35.5. The monoisotopic (exact) mass is 567 g/mol. The number of pyridine rings is 1. The number of hydrogen-bond donors (Lipinski definition) is 2. The summed E-state index contributed by atoms with van der Waals surface area (Å²) in [6, 6.07) is 2.34. The van der Waals surface area contributed by atoms with Gasteiger partial charge in [0.25, 0.3) is 12.9 Å². The number of nitrogens with one attached hydrogen (secondary N) is 1. The maximum Gasteiger partial charge on any atom is 0.408 e. The molecule has 0 spiro atoms. The van der Waals surface area contributed by atoms with Crippen molar-refractivity contribution in [3.63, 3.8) is 0 Å². The van der Waals surface area contributed by atoms with Gasteiger partial charge in [-0.3, -0.25) is 4.98 Å². The van der Waals surface area contributed by atoms with Crippen LogP contribution in [0.4, 0.5) is 36.8 Å². The van der Waals surface area contributed by atoms with Crippen molar-refractivity contribution in [3.05, 3.63) is 47.2 Å². The van der Waals surface area contributed by atoms with E-state index in [0.29, 0.717) is 29.9 Å². The van der Waals surface area contributed by atoms with Crippen molar-refractivity contribution >= 4 is 23.4 Å². The number of anilines is 1. The Balaban J connectivity index is 2.00. The number of carbonyl (C=O) groups excluding carboxylic acids is 1. The van der Waals surface area contributed by atoms with E-state index in [4.69, 9.17) is 16.3 Å². The lowest BCUT2D eigenvalue weighted by Gasteiger charge is -2.46. The molecule has 1 aliphatic rings. The summed E-state index contributed by atoms with van der Waals surface area (Å²) in [5.74, 6) is -2.94. The summed E-state index contributed by atoms with van der Waals surface area (Å²) in [6.45, 7) is 4.84. The van der Waals surface area contributed by atoms with Crippen molar-refractivity contribution in [3.8, 4) is 11.3 Å². The van der Waals surface area contributed by atoms with E-state index >= 15 is 0 Å². The normalized spacial score (nSPS) is 19.1. The molecule has 6 nitrogen and oxygen atoms in total. The van der Waals surface area contributed by atoms with Gasteiger partial charge in [-0.1, -0.05) is 0 Å². The van der Waals surface area contributed by atoms with Crippen LogP contribution in [0.3, 0.4) is 0 Å². The molecule has 210 valence electrons. The van der Waals surface area contributed by atoms with Crippen molar-refractivity contribution in [2.45, 2.75) is 69.6 Å². The Hall–Kier alpha value is -2.73. The lowest BCUT2D eigenvalue weighted by molar-refractivity contribution is -0.0664. The number of amides is 1. The number of rotatable bonds is 7. The Morgan fingerprint density at radius 1 is 1.21 bits per heavy atom. The van der Waals surface area contributed by atoms with Crippen LogP contribution in [0.2, 0.25) is 0 Å². The number of ether oxygens (including phenoxy) is 1. The van der Waals surface area contributed by atoms with E-state index in [1.54, 1.807) is 25.7 Å². The van der Waals surface area contributed by atoms with Crippen LogP contribution in [0.5, 0.6) is 0 Å². The molecule has 0 aliphatic carbocycles. The lowest BCUT2D eigenvalue weighted by Crippen LogP contribution is -2.67. The van der Waals surface area contributed by atoms with Crippen LogP contribution >= 0.6 is 11.6 Å². The number of benzene rings is 1. The topological polar surface area (TPSA) is 74.7 Å². The average molecular weight is 568 g/mol. The van der Waals surface area contributed by atoms with Gasteiger partial charge in [-0.25, -0.2) is 31.1 Å². The van der Waals surface area contributed by atoms with Crippen molar-refractivity contribution in [2.75, 3.05) is 18.0 Å². The van der Waals surface area contributed by atoms with Gasteiger partial charge in [0.2, 0.25) is 0 Å². The molecule has 1 amide bonds. The molecule has 2 unspecified atom stereocenters. The maximum absolute atomic E-state index is 13.9. The van der Waals surface area contributed by atoms with Gasteiger partial charge < -0.3 is 20.1 Å². The summed E-state index contributed by atoms with van der Waals surface area (Å²) >= 11 is 6.11. The first-order valence-electron chi connectivity index (χ1n) is 11.7. The molecule has 13 heteroatoms. The number of alkyl halides is 5. The van der Waals surface area contributed by atoms with Crippen LogP contribution in [0.1, 0.15) is 51.2 Å². The van der Waals surface area contributed by atoms with Crippen LogP contribution in [-0.2, 0) is 10.6 Å². The highest BCUT2D eigenvalue weighted by molar-refractivity contribution is 6.17. The van der Waals surface area contributed by atoms with Crippen molar-refractivity contribution in [2.24, 2.45) is 0 Å². The van der Waals surface area contributed by atoms with Crippen molar-refractivity contribution in [1.82, 2.24) is 10.3 Å². The van der Waals surface area contributed by atoms with Gasteiger partial charge in [0.05, 0.1) is 23.1 Å². The summed E-state index contributed by atoms with van der Waals surface area (Å²) < 4.78 is 87.2. The van der Waals surface area contributed by atoms with Crippen LogP contribution in [0, 0.1) is 11.6 Å². The first-order chi connectivity index (χ1) is 17.7. The second-order valence-electron chi connectivity index (χ2n) is 10.1. The Labute approximate surface area is 220 Å². The minimum atomic E-state index is -3.18. The fourth-order valence-corrected chi connectivity index (χ4v) is 4.66. The Morgan fingerprint density at radius 3 is 2.45 bits per heavy atom. The number of carbonyl (C=O) groups is 1. The van der Waals surface area contributed by atoms with Gasteiger partial charge in [0.1, 0.15) is 11.7 Å². The molecule has 1 aromatic heterocycles. The molecule has 1 aromatic carbocycles. The highest BCUT2D eigenvalue weighted by Gasteiger charge is 2.48. The molecular formula is C25H28ClF6N3O3. The van der Waals surface area contributed by atoms with Gasteiger partial charge in [0.15, 0.2) is 11.6 Å². The second-order valence-corrected chi connectivity index (χ2v) is 10.3. The van der Waals surface area contributed by atoms with E-state index in [2.05, 4.69) is 10.3 Å². The second kappa shape index (κ2) is 11.6. The Kier molecular flexibility index (Phi) is 9.08. The number of hydrogen-bond acceptors (Lipinski definition) is 5. The molecule has 1 fully saturated rings. The summed E-state index contributed by atoms with van der Waals surface area (Å²) in [6.07, 6.45) is -7.97. The molecule has 2 aromatic rings. The van der Waals surface area contributed by atoms with Gasteiger partial charge >= 0.3 is 6.09 Å². The molecule has 2 heterocycles. The number of aliphatic hydroxyl groups is 1. The number of nitrogens with zero attached hydrogens (tertiary/aromatic N) is 2. The Morgan fingerprint density at radius 2 is 1.87 bits per heavy atom. The van der Waals surface area contributed by atoms with Gasteiger partial charge in [0, 0.05) is 30.1 Å². The number of aliphatic hydroxyl groups excluding tert-OH is 1. The molecule has 1 saturated heterocycles. The minimum Gasteiger partial charge on any atom is -0.444 e. The molecule has 2 atom stereocenters.